The fourth-order valence-corrected chi connectivity index (χ4v) is 4.08. The predicted molar refractivity (Wildman–Crippen MR) is 95.7 cm³/mol. The lowest BCUT2D eigenvalue weighted by molar-refractivity contribution is -0.113. The minimum atomic E-state index is -0.121. The minimum Gasteiger partial charge on any atom is -0.374 e. The van der Waals surface area contributed by atoms with Crippen molar-refractivity contribution in [3.63, 3.8) is 0 Å². The monoisotopic (exact) mass is 365 g/mol. The average molecular weight is 366 g/mol. The standard InChI is InChI=1S/C14H15N5OS3/c1-9(6-7-15)22-11-5-3-2-4-10(11)17-12(20)8-21-14-19-18-13(16)23-14/h2-5,9H,6,8H2,1H3,(H2,16,18)(H,17,20)/t9-/m0/s1. The normalized spacial score (nSPS) is 11.7. The second-order valence-electron chi connectivity index (χ2n) is 4.53. The zero-order chi connectivity index (χ0) is 16.7. The van der Waals surface area contributed by atoms with Gasteiger partial charge in [-0.2, -0.15) is 5.26 Å². The summed E-state index contributed by atoms with van der Waals surface area (Å²) in [6, 6.07) is 9.73. The number of nitrogens with zero attached hydrogens (tertiary/aromatic N) is 3. The van der Waals surface area contributed by atoms with Crippen LogP contribution in [-0.2, 0) is 4.79 Å². The Bertz CT molecular complexity index is 712. The first-order valence-corrected chi connectivity index (χ1v) is 9.41. The SMILES string of the molecule is C[C@@H](CC#N)Sc1ccccc1NC(=O)CSc1nnc(N)s1. The maximum atomic E-state index is 12.1. The Morgan fingerprint density at radius 3 is 2.96 bits per heavy atom. The van der Waals surface area contributed by atoms with Gasteiger partial charge in [-0.15, -0.1) is 22.0 Å². The van der Waals surface area contributed by atoms with E-state index in [0.29, 0.717) is 15.9 Å². The third-order valence-corrected chi connectivity index (χ3v) is 5.68. The molecule has 2 aromatic rings. The van der Waals surface area contributed by atoms with E-state index in [2.05, 4.69) is 21.6 Å². The molecule has 1 aromatic heterocycles. The summed E-state index contributed by atoms with van der Waals surface area (Å²) in [6.45, 7) is 1.99. The number of para-hydroxylation sites is 1. The smallest absolute Gasteiger partial charge is 0.234 e. The van der Waals surface area contributed by atoms with Crippen molar-refractivity contribution in [3.8, 4) is 6.07 Å². The zero-order valence-corrected chi connectivity index (χ0v) is 14.8. The van der Waals surface area contributed by atoms with Gasteiger partial charge < -0.3 is 11.1 Å². The van der Waals surface area contributed by atoms with Gasteiger partial charge in [0.15, 0.2) is 4.34 Å². The zero-order valence-electron chi connectivity index (χ0n) is 12.4. The van der Waals surface area contributed by atoms with Gasteiger partial charge >= 0.3 is 0 Å². The first-order chi connectivity index (χ1) is 11.1. The van der Waals surface area contributed by atoms with Crippen LogP contribution in [0, 0.1) is 11.3 Å². The molecule has 1 heterocycles. The van der Waals surface area contributed by atoms with Gasteiger partial charge in [0, 0.05) is 16.6 Å². The molecule has 6 nitrogen and oxygen atoms in total. The van der Waals surface area contributed by atoms with Gasteiger partial charge in [0.25, 0.3) is 0 Å². The van der Waals surface area contributed by atoms with Crippen LogP contribution < -0.4 is 11.1 Å². The molecule has 120 valence electrons. The van der Waals surface area contributed by atoms with E-state index in [1.54, 1.807) is 11.8 Å². The van der Waals surface area contributed by atoms with Crippen molar-refractivity contribution in [2.45, 2.75) is 27.8 Å². The second-order valence-corrected chi connectivity index (χ2v) is 8.24. The topological polar surface area (TPSA) is 105 Å². The Morgan fingerprint density at radius 1 is 1.48 bits per heavy atom. The number of thioether (sulfide) groups is 2. The summed E-state index contributed by atoms with van der Waals surface area (Å²) >= 11 is 4.13. The quantitative estimate of drug-likeness (QED) is 0.726. The molecular weight excluding hydrogens is 350 g/mol. The van der Waals surface area contributed by atoms with E-state index in [9.17, 15) is 4.79 Å². The molecule has 9 heteroatoms. The molecule has 0 aliphatic heterocycles. The molecule has 0 bridgehead atoms. The molecule has 0 aliphatic carbocycles. The van der Waals surface area contributed by atoms with Gasteiger partial charge in [-0.05, 0) is 12.1 Å². The molecule has 2 rings (SSSR count). The van der Waals surface area contributed by atoms with E-state index >= 15 is 0 Å². The molecule has 0 radical (unpaired) electrons. The summed E-state index contributed by atoms with van der Waals surface area (Å²) in [5.74, 6) is 0.117. The van der Waals surface area contributed by atoms with E-state index in [1.165, 1.54) is 23.1 Å². The van der Waals surface area contributed by atoms with Crippen molar-refractivity contribution >= 4 is 51.6 Å². The van der Waals surface area contributed by atoms with Crippen LogP contribution in [0.15, 0.2) is 33.5 Å². The summed E-state index contributed by atoms with van der Waals surface area (Å²) in [6.07, 6.45) is 0.460. The van der Waals surface area contributed by atoms with E-state index in [-0.39, 0.29) is 16.9 Å². The fraction of sp³-hybridized carbons (Fsp3) is 0.286. The van der Waals surface area contributed by atoms with Crippen molar-refractivity contribution in [2.75, 3.05) is 16.8 Å². The number of carbonyl (C=O) groups is 1. The van der Waals surface area contributed by atoms with Crippen molar-refractivity contribution in [1.29, 1.82) is 5.26 Å². The van der Waals surface area contributed by atoms with Crippen LogP contribution in [-0.4, -0.2) is 27.1 Å². The third-order valence-electron chi connectivity index (χ3n) is 2.62. The highest BCUT2D eigenvalue weighted by atomic mass is 32.2. The molecule has 0 fully saturated rings. The largest absolute Gasteiger partial charge is 0.374 e. The number of nitrogens with two attached hydrogens (primary N) is 1. The number of amides is 1. The number of nitrogens with one attached hydrogen (secondary N) is 1. The number of carbonyl (C=O) groups excluding carboxylic acids is 1. The number of anilines is 2. The molecule has 1 aromatic carbocycles. The van der Waals surface area contributed by atoms with E-state index in [4.69, 9.17) is 11.0 Å². The van der Waals surface area contributed by atoms with Crippen LogP contribution >= 0.6 is 34.9 Å². The molecule has 1 atom stereocenters. The van der Waals surface area contributed by atoms with Gasteiger partial charge in [-0.3, -0.25) is 4.79 Å². The predicted octanol–water partition coefficient (Wildman–Crippen LogP) is 3.25. The lowest BCUT2D eigenvalue weighted by Gasteiger charge is -2.13. The maximum absolute atomic E-state index is 12.1. The first-order valence-electron chi connectivity index (χ1n) is 6.72. The number of benzene rings is 1. The van der Waals surface area contributed by atoms with Gasteiger partial charge in [-0.25, -0.2) is 0 Å². The number of hydrogen-bond donors (Lipinski definition) is 2. The summed E-state index contributed by atoms with van der Waals surface area (Å²) in [7, 11) is 0. The highest BCUT2D eigenvalue weighted by molar-refractivity contribution is 8.01. The molecule has 23 heavy (non-hydrogen) atoms. The number of nitrogen functional groups attached to an aromatic ring is 1. The van der Waals surface area contributed by atoms with Crippen LogP contribution in [0.1, 0.15) is 13.3 Å². The van der Waals surface area contributed by atoms with Crippen LogP contribution in [0.5, 0.6) is 0 Å². The third kappa shape index (κ3) is 5.74. The van der Waals surface area contributed by atoms with Crippen LogP contribution in [0.25, 0.3) is 0 Å². The maximum Gasteiger partial charge on any atom is 0.234 e. The molecule has 0 saturated carbocycles. The van der Waals surface area contributed by atoms with Crippen molar-refractivity contribution in [2.24, 2.45) is 0 Å². The van der Waals surface area contributed by atoms with Crippen molar-refractivity contribution in [3.05, 3.63) is 24.3 Å². The Balaban J connectivity index is 1.93. The lowest BCUT2D eigenvalue weighted by Crippen LogP contribution is -2.14. The average Bonchev–Trinajstić information content (AvgIpc) is 2.93. The molecule has 0 unspecified atom stereocenters. The number of aromatic nitrogens is 2. The number of hydrogen-bond acceptors (Lipinski definition) is 8. The molecule has 3 N–H and O–H groups in total. The summed E-state index contributed by atoms with van der Waals surface area (Å²) in [5, 5.41) is 19.8. The van der Waals surface area contributed by atoms with Crippen LogP contribution in [0.4, 0.5) is 10.8 Å². The molecule has 1 amide bonds. The second kappa shape index (κ2) is 8.76. The molecule has 0 spiro atoms. The van der Waals surface area contributed by atoms with E-state index in [1.807, 2.05) is 31.2 Å². The summed E-state index contributed by atoms with van der Waals surface area (Å²) < 4.78 is 0.669. The van der Waals surface area contributed by atoms with E-state index < -0.39 is 0 Å². The van der Waals surface area contributed by atoms with Gasteiger partial charge in [0.2, 0.25) is 11.0 Å². The summed E-state index contributed by atoms with van der Waals surface area (Å²) in [4.78, 5) is 13.0. The Hall–Kier alpha value is -1.76. The Kier molecular flexibility index (Phi) is 6.70. The Labute approximate surface area is 146 Å². The van der Waals surface area contributed by atoms with Gasteiger partial charge in [-0.1, -0.05) is 42.2 Å². The Morgan fingerprint density at radius 2 is 2.26 bits per heavy atom. The molecular formula is C14H15N5OS3. The molecule has 0 saturated heterocycles. The minimum absolute atomic E-state index is 0.121. The molecule has 0 aliphatic rings. The number of rotatable bonds is 7. The van der Waals surface area contributed by atoms with Crippen molar-refractivity contribution in [1.82, 2.24) is 10.2 Å². The van der Waals surface area contributed by atoms with Crippen LogP contribution in [0.2, 0.25) is 0 Å². The lowest BCUT2D eigenvalue weighted by atomic mass is 10.3. The highest BCUT2D eigenvalue weighted by Gasteiger charge is 2.12. The van der Waals surface area contributed by atoms with E-state index in [0.717, 1.165) is 10.6 Å². The first kappa shape index (κ1) is 17.6. The fourth-order valence-electron chi connectivity index (χ4n) is 1.65. The number of nitriles is 1. The summed E-state index contributed by atoms with van der Waals surface area (Å²) in [5.41, 5.74) is 6.26. The highest BCUT2D eigenvalue weighted by Crippen LogP contribution is 2.32. The van der Waals surface area contributed by atoms with Gasteiger partial charge in [0.1, 0.15) is 0 Å². The van der Waals surface area contributed by atoms with Gasteiger partial charge in [0.05, 0.1) is 17.5 Å². The van der Waals surface area contributed by atoms with Crippen LogP contribution in [0.3, 0.4) is 0 Å². The van der Waals surface area contributed by atoms with Crippen molar-refractivity contribution < 1.29 is 4.79 Å².